The number of ether oxygens (including phenoxy) is 2. The normalized spacial score (nSPS) is 24.3. The smallest absolute Gasteiger partial charge is 0.147 e. The molecule has 1 aromatic rings. The molecule has 1 aliphatic rings. The summed E-state index contributed by atoms with van der Waals surface area (Å²) in [4.78, 5) is 10.7. The van der Waals surface area contributed by atoms with Crippen LogP contribution < -0.4 is 4.90 Å². The fourth-order valence-electron chi connectivity index (χ4n) is 2.00. The monoisotopic (exact) mass is 257 g/mol. The van der Waals surface area contributed by atoms with Crippen molar-refractivity contribution in [3.05, 3.63) is 18.1 Å². The first kappa shape index (κ1) is 12.5. The van der Waals surface area contributed by atoms with Gasteiger partial charge in [-0.1, -0.05) is 0 Å². The Labute approximate surface area is 106 Å². The third-order valence-electron chi connectivity index (χ3n) is 2.95. The Morgan fingerprint density at radius 1 is 1.29 bits per heavy atom. The van der Waals surface area contributed by atoms with Crippen molar-refractivity contribution in [3.8, 4) is 0 Å². The van der Waals surface area contributed by atoms with Crippen molar-refractivity contribution < 1.29 is 9.47 Å². The Bertz CT molecular complexity index is 365. The van der Waals surface area contributed by atoms with Crippen LogP contribution in [0.1, 0.15) is 5.69 Å². The minimum atomic E-state index is 0.0708. The highest BCUT2D eigenvalue weighted by molar-refractivity contribution is 6.16. The van der Waals surface area contributed by atoms with Gasteiger partial charge in [0, 0.05) is 33.5 Å². The highest BCUT2D eigenvalue weighted by Gasteiger charge is 2.33. The Morgan fingerprint density at radius 3 is 2.47 bits per heavy atom. The zero-order chi connectivity index (χ0) is 12.3. The summed E-state index contributed by atoms with van der Waals surface area (Å²) in [7, 11) is 3.39. The zero-order valence-corrected chi connectivity index (χ0v) is 10.7. The predicted octanol–water partition coefficient (Wildman–Crippen LogP) is 1.07. The molecule has 0 spiro atoms. The molecule has 0 amide bonds. The van der Waals surface area contributed by atoms with Crippen LogP contribution in [0.4, 0.5) is 5.82 Å². The molecule has 1 fully saturated rings. The fraction of sp³-hybridized carbons (Fsp3) is 0.636. The van der Waals surface area contributed by atoms with Crippen LogP contribution >= 0.6 is 11.6 Å². The van der Waals surface area contributed by atoms with Crippen LogP contribution in [0.15, 0.2) is 12.4 Å². The molecule has 0 radical (unpaired) electrons. The van der Waals surface area contributed by atoms with E-state index in [-0.39, 0.29) is 12.2 Å². The molecule has 0 aliphatic carbocycles. The van der Waals surface area contributed by atoms with E-state index in [0.29, 0.717) is 5.88 Å². The minimum absolute atomic E-state index is 0.0708. The van der Waals surface area contributed by atoms with Gasteiger partial charge in [0.25, 0.3) is 0 Å². The summed E-state index contributed by atoms with van der Waals surface area (Å²) in [6, 6.07) is 0. The average Bonchev–Trinajstić information content (AvgIpc) is 2.82. The molecule has 17 heavy (non-hydrogen) atoms. The lowest BCUT2D eigenvalue weighted by Gasteiger charge is -2.16. The van der Waals surface area contributed by atoms with Gasteiger partial charge in [0.1, 0.15) is 18.0 Å². The van der Waals surface area contributed by atoms with Gasteiger partial charge in [-0.25, -0.2) is 4.98 Å². The van der Waals surface area contributed by atoms with Crippen LogP contribution in [0.3, 0.4) is 0 Å². The molecule has 2 atom stereocenters. The van der Waals surface area contributed by atoms with Gasteiger partial charge in [-0.2, -0.15) is 0 Å². The first-order valence-corrected chi connectivity index (χ1v) is 5.99. The number of nitrogens with zero attached hydrogens (tertiary/aromatic N) is 3. The number of anilines is 1. The van der Waals surface area contributed by atoms with E-state index in [1.54, 1.807) is 26.6 Å². The number of methoxy groups -OCH3 is 2. The third kappa shape index (κ3) is 2.68. The SMILES string of the molecule is COC1CN(c2cncc(CCl)n2)CC1OC. The summed E-state index contributed by atoms with van der Waals surface area (Å²) in [5, 5.41) is 0. The van der Waals surface area contributed by atoms with Crippen LogP contribution in [-0.2, 0) is 15.4 Å². The maximum absolute atomic E-state index is 5.75. The standard InChI is InChI=1S/C11H16ClN3O2/c1-16-9-6-15(7-10(9)17-2)11-5-13-4-8(3-12)14-11/h4-5,9-10H,3,6-7H2,1-2H3. The van der Waals surface area contributed by atoms with Gasteiger partial charge in [-0.05, 0) is 0 Å². The molecule has 5 nitrogen and oxygen atoms in total. The van der Waals surface area contributed by atoms with Crippen molar-refractivity contribution in [1.29, 1.82) is 0 Å². The number of halogens is 1. The van der Waals surface area contributed by atoms with Gasteiger partial charge in [-0.3, -0.25) is 4.98 Å². The summed E-state index contributed by atoms with van der Waals surface area (Å²) in [6.45, 7) is 1.52. The molecule has 1 saturated heterocycles. The molecule has 1 aromatic heterocycles. The number of hydrogen-bond donors (Lipinski definition) is 0. The Morgan fingerprint density at radius 2 is 1.94 bits per heavy atom. The Hall–Kier alpha value is -0.910. The number of rotatable bonds is 4. The fourth-order valence-corrected chi connectivity index (χ4v) is 2.12. The molecule has 0 saturated carbocycles. The second-order valence-corrected chi connectivity index (χ2v) is 4.22. The first-order chi connectivity index (χ1) is 8.28. The van der Waals surface area contributed by atoms with Crippen molar-refractivity contribution in [2.24, 2.45) is 0 Å². The lowest BCUT2D eigenvalue weighted by molar-refractivity contribution is -0.00461. The van der Waals surface area contributed by atoms with Crippen LogP contribution in [0.5, 0.6) is 0 Å². The molecule has 2 rings (SSSR count). The molecule has 6 heteroatoms. The van der Waals surface area contributed by atoms with E-state index in [0.717, 1.165) is 24.6 Å². The molecule has 94 valence electrons. The number of hydrogen-bond acceptors (Lipinski definition) is 5. The predicted molar refractivity (Wildman–Crippen MR) is 65.4 cm³/mol. The molecular formula is C11H16ClN3O2. The maximum atomic E-state index is 5.75. The Balaban J connectivity index is 2.13. The van der Waals surface area contributed by atoms with Crippen LogP contribution in [0.2, 0.25) is 0 Å². The number of aromatic nitrogens is 2. The summed E-state index contributed by atoms with van der Waals surface area (Å²) < 4.78 is 10.8. The zero-order valence-electron chi connectivity index (χ0n) is 9.97. The van der Waals surface area contributed by atoms with Gasteiger partial charge in [-0.15, -0.1) is 11.6 Å². The highest BCUT2D eigenvalue weighted by atomic mass is 35.5. The largest absolute Gasteiger partial charge is 0.377 e. The van der Waals surface area contributed by atoms with Crippen molar-refractivity contribution in [2.45, 2.75) is 18.1 Å². The van der Waals surface area contributed by atoms with Crippen molar-refractivity contribution >= 4 is 17.4 Å². The molecule has 0 aromatic carbocycles. The van der Waals surface area contributed by atoms with Crippen LogP contribution in [0, 0.1) is 0 Å². The van der Waals surface area contributed by atoms with E-state index >= 15 is 0 Å². The maximum Gasteiger partial charge on any atom is 0.147 e. The summed E-state index contributed by atoms with van der Waals surface area (Å²) in [5.41, 5.74) is 0.777. The summed E-state index contributed by atoms with van der Waals surface area (Å²) in [6.07, 6.45) is 3.55. The average molecular weight is 258 g/mol. The van der Waals surface area contributed by atoms with E-state index in [1.807, 2.05) is 0 Å². The summed E-state index contributed by atoms with van der Waals surface area (Å²) in [5.74, 6) is 1.19. The van der Waals surface area contributed by atoms with E-state index in [4.69, 9.17) is 21.1 Å². The van der Waals surface area contributed by atoms with E-state index in [2.05, 4.69) is 14.9 Å². The van der Waals surface area contributed by atoms with Crippen LogP contribution in [0.25, 0.3) is 0 Å². The van der Waals surface area contributed by atoms with E-state index in [9.17, 15) is 0 Å². The third-order valence-corrected chi connectivity index (χ3v) is 3.23. The second kappa shape index (κ2) is 5.62. The van der Waals surface area contributed by atoms with Crippen LogP contribution in [-0.4, -0.2) is 49.5 Å². The highest BCUT2D eigenvalue weighted by Crippen LogP contribution is 2.21. The van der Waals surface area contributed by atoms with Crippen molar-refractivity contribution in [2.75, 3.05) is 32.2 Å². The van der Waals surface area contributed by atoms with Gasteiger partial charge in [0.15, 0.2) is 0 Å². The molecule has 1 aliphatic heterocycles. The van der Waals surface area contributed by atoms with Crippen molar-refractivity contribution in [3.63, 3.8) is 0 Å². The lowest BCUT2D eigenvalue weighted by atomic mass is 10.3. The molecular weight excluding hydrogens is 242 g/mol. The minimum Gasteiger partial charge on any atom is -0.377 e. The molecule has 0 N–H and O–H groups in total. The Kier molecular flexibility index (Phi) is 4.15. The van der Waals surface area contributed by atoms with E-state index in [1.165, 1.54) is 0 Å². The quantitative estimate of drug-likeness (QED) is 0.755. The first-order valence-electron chi connectivity index (χ1n) is 5.46. The van der Waals surface area contributed by atoms with E-state index < -0.39 is 0 Å². The van der Waals surface area contributed by atoms with Crippen molar-refractivity contribution in [1.82, 2.24) is 9.97 Å². The van der Waals surface area contributed by atoms with Gasteiger partial charge < -0.3 is 14.4 Å². The molecule has 2 heterocycles. The summed E-state index contributed by atoms with van der Waals surface area (Å²) >= 11 is 5.75. The topological polar surface area (TPSA) is 47.5 Å². The lowest BCUT2D eigenvalue weighted by Crippen LogP contribution is -2.27. The second-order valence-electron chi connectivity index (χ2n) is 3.96. The number of alkyl halides is 1. The van der Waals surface area contributed by atoms with Gasteiger partial charge >= 0.3 is 0 Å². The van der Waals surface area contributed by atoms with Gasteiger partial charge in [0.2, 0.25) is 0 Å². The van der Waals surface area contributed by atoms with Gasteiger partial charge in [0.05, 0.1) is 17.8 Å². The molecule has 0 bridgehead atoms. The molecule has 2 unspecified atom stereocenters.